The third-order valence-corrected chi connectivity index (χ3v) is 3.38. The van der Waals surface area contributed by atoms with Gasteiger partial charge in [-0.05, 0) is 33.1 Å². The largest absolute Gasteiger partial charge is 0.365 e. The van der Waals surface area contributed by atoms with Crippen LogP contribution >= 0.6 is 0 Å². The molecular weight excluding hydrogens is 172 g/mol. The summed E-state index contributed by atoms with van der Waals surface area (Å²) >= 11 is 0. The van der Waals surface area contributed by atoms with E-state index in [1.54, 1.807) is 0 Å². The van der Waals surface area contributed by atoms with Crippen LogP contribution in [0.2, 0.25) is 0 Å². The minimum atomic E-state index is 0.158. The molecule has 0 aromatic heterocycles. The highest BCUT2D eigenvalue weighted by atomic mass is 15.4. The van der Waals surface area contributed by atoms with Crippen molar-refractivity contribution in [3.05, 3.63) is 11.4 Å². The second kappa shape index (κ2) is 4.24. The molecule has 0 aromatic carbocycles. The van der Waals surface area contributed by atoms with Crippen LogP contribution in [-0.4, -0.2) is 17.1 Å². The van der Waals surface area contributed by atoms with Crippen molar-refractivity contribution < 1.29 is 0 Å². The van der Waals surface area contributed by atoms with E-state index in [9.17, 15) is 0 Å². The van der Waals surface area contributed by atoms with Gasteiger partial charge in [0.25, 0.3) is 0 Å². The number of nitrogens with one attached hydrogen (secondary N) is 1. The van der Waals surface area contributed by atoms with Crippen LogP contribution in [0.25, 0.3) is 0 Å². The van der Waals surface area contributed by atoms with Crippen LogP contribution in [0.1, 0.15) is 53.9 Å². The lowest BCUT2D eigenvalue weighted by molar-refractivity contribution is 0.147. The normalized spacial score (nSPS) is 27.1. The number of nitrogens with zero attached hydrogens (tertiary/aromatic N) is 1. The fourth-order valence-electron chi connectivity index (χ4n) is 2.44. The Balaban J connectivity index is 2.96. The maximum absolute atomic E-state index is 3.67. The summed E-state index contributed by atoms with van der Waals surface area (Å²) in [5, 5.41) is 3.67. The zero-order chi connectivity index (χ0) is 10.8. The maximum atomic E-state index is 3.67. The first-order chi connectivity index (χ1) is 6.62. The Morgan fingerprint density at radius 1 is 1.14 bits per heavy atom. The number of hydrogen-bond acceptors (Lipinski definition) is 2. The van der Waals surface area contributed by atoms with E-state index < -0.39 is 0 Å². The van der Waals surface area contributed by atoms with Crippen LogP contribution in [0.15, 0.2) is 11.4 Å². The molecule has 1 atom stereocenters. The SMILES string of the molecule is CCC1=C(CC)N(CC)C(C)(CC)N1. The highest BCUT2D eigenvalue weighted by Gasteiger charge is 2.36. The standard InChI is InChI=1S/C12H24N2/c1-6-10-11(7-2)14(9-4)12(5,8-3)13-10/h13H,6-9H2,1-5H3. The summed E-state index contributed by atoms with van der Waals surface area (Å²) in [5.74, 6) is 0. The van der Waals surface area contributed by atoms with Crippen LogP contribution in [0.3, 0.4) is 0 Å². The van der Waals surface area contributed by atoms with Crippen LogP contribution in [-0.2, 0) is 0 Å². The van der Waals surface area contributed by atoms with E-state index in [2.05, 4.69) is 44.8 Å². The molecular formula is C12H24N2. The molecule has 0 saturated carbocycles. The third kappa shape index (κ3) is 1.62. The molecule has 14 heavy (non-hydrogen) atoms. The lowest BCUT2D eigenvalue weighted by Crippen LogP contribution is -2.49. The fourth-order valence-corrected chi connectivity index (χ4v) is 2.44. The molecule has 2 nitrogen and oxygen atoms in total. The van der Waals surface area contributed by atoms with Crippen molar-refractivity contribution in [3.8, 4) is 0 Å². The minimum Gasteiger partial charge on any atom is -0.365 e. The Morgan fingerprint density at radius 3 is 2.14 bits per heavy atom. The Hall–Kier alpha value is -0.660. The summed E-state index contributed by atoms with van der Waals surface area (Å²) in [6, 6.07) is 0. The summed E-state index contributed by atoms with van der Waals surface area (Å²) in [7, 11) is 0. The monoisotopic (exact) mass is 196 g/mol. The highest BCUT2D eigenvalue weighted by Crippen LogP contribution is 2.33. The van der Waals surface area contributed by atoms with E-state index >= 15 is 0 Å². The van der Waals surface area contributed by atoms with E-state index in [1.807, 2.05) is 0 Å². The van der Waals surface area contributed by atoms with Gasteiger partial charge in [0.05, 0.1) is 0 Å². The molecule has 0 amide bonds. The van der Waals surface area contributed by atoms with Crippen molar-refractivity contribution in [1.29, 1.82) is 0 Å². The zero-order valence-electron chi connectivity index (χ0n) is 10.3. The summed E-state index contributed by atoms with van der Waals surface area (Å²) in [6.45, 7) is 12.4. The second-order valence-electron chi connectivity index (χ2n) is 4.13. The van der Waals surface area contributed by atoms with E-state index in [-0.39, 0.29) is 5.66 Å². The lowest BCUT2D eigenvalue weighted by Gasteiger charge is -2.37. The van der Waals surface area contributed by atoms with Crippen LogP contribution in [0.4, 0.5) is 0 Å². The summed E-state index contributed by atoms with van der Waals surface area (Å²) < 4.78 is 0. The van der Waals surface area contributed by atoms with Crippen LogP contribution in [0, 0.1) is 0 Å². The van der Waals surface area contributed by atoms with Crippen molar-refractivity contribution in [2.24, 2.45) is 0 Å². The molecule has 0 fully saturated rings. The van der Waals surface area contributed by atoms with Gasteiger partial charge in [0.1, 0.15) is 5.66 Å². The Labute approximate surface area is 88.4 Å². The Bertz CT molecular complexity index is 232. The van der Waals surface area contributed by atoms with E-state index in [0.29, 0.717) is 0 Å². The number of allylic oxidation sites excluding steroid dienone is 2. The smallest absolute Gasteiger partial charge is 0.107 e. The Kier molecular flexibility index (Phi) is 3.46. The molecule has 1 unspecified atom stereocenters. The lowest BCUT2D eigenvalue weighted by atomic mass is 10.1. The fraction of sp³-hybridized carbons (Fsp3) is 0.833. The van der Waals surface area contributed by atoms with Gasteiger partial charge >= 0.3 is 0 Å². The van der Waals surface area contributed by atoms with Crippen molar-refractivity contribution in [1.82, 2.24) is 10.2 Å². The van der Waals surface area contributed by atoms with Gasteiger partial charge in [-0.2, -0.15) is 0 Å². The van der Waals surface area contributed by atoms with Gasteiger partial charge in [-0.15, -0.1) is 0 Å². The van der Waals surface area contributed by atoms with Crippen molar-refractivity contribution in [2.45, 2.75) is 59.5 Å². The highest BCUT2D eigenvalue weighted by molar-refractivity contribution is 5.22. The molecule has 1 N–H and O–H groups in total. The van der Waals surface area contributed by atoms with E-state index in [1.165, 1.54) is 11.4 Å². The predicted octanol–water partition coefficient (Wildman–Crippen LogP) is 3.07. The molecule has 0 saturated heterocycles. The molecule has 0 spiro atoms. The van der Waals surface area contributed by atoms with Gasteiger partial charge in [0.2, 0.25) is 0 Å². The third-order valence-electron chi connectivity index (χ3n) is 3.38. The van der Waals surface area contributed by atoms with Gasteiger partial charge < -0.3 is 10.2 Å². The summed E-state index contributed by atoms with van der Waals surface area (Å²) in [5.41, 5.74) is 3.11. The van der Waals surface area contributed by atoms with Gasteiger partial charge in [0, 0.05) is 17.9 Å². The molecule has 1 aliphatic rings. The first-order valence-electron chi connectivity index (χ1n) is 5.90. The first kappa shape index (κ1) is 11.4. The quantitative estimate of drug-likeness (QED) is 0.743. The molecule has 2 heteroatoms. The topological polar surface area (TPSA) is 15.3 Å². The van der Waals surface area contributed by atoms with Crippen molar-refractivity contribution in [3.63, 3.8) is 0 Å². The molecule has 82 valence electrons. The maximum Gasteiger partial charge on any atom is 0.107 e. The second-order valence-corrected chi connectivity index (χ2v) is 4.13. The van der Waals surface area contributed by atoms with E-state index in [0.717, 1.165) is 25.8 Å². The number of rotatable bonds is 4. The number of hydrogen-bond donors (Lipinski definition) is 1. The average molecular weight is 196 g/mol. The van der Waals surface area contributed by atoms with Crippen LogP contribution in [0.5, 0.6) is 0 Å². The molecule has 0 aliphatic carbocycles. The predicted molar refractivity (Wildman–Crippen MR) is 61.8 cm³/mol. The van der Waals surface area contributed by atoms with Gasteiger partial charge in [-0.25, -0.2) is 0 Å². The molecule has 1 rings (SSSR count). The molecule has 1 aliphatic heterocycles. The first-order valence-corrected chi connectivity index (χ1v) is 5.90. The average Bonchev–Trinajstić information content (AvgIpc) is 2.50. The zero-order valence-corrected chi connectivity index (χ0v) is 10.3. The summed E-state index contributed by atoms with van der Waals surface area (Å²) in [6.07, 6.45) is 3.41. The molecule has 0 radical (unpaired) electrons. The minimum absolute atomic E-state index is 0.158. The van der Waals surface area contributed by atoms with Crippen molar-refractivity contribution >= 4 is 0 Å². The summed E-state index contributed by atoms with van der Waals surface area (Å²) in [4.78, 5) is 2.52. The Morgan fingerprint density at radius 2 is 1.79 bits per heavy atom. The van der Waals surface area contributed by atoms with Gasteiger partial charge in [-0.1, -0.05) is 20.8 Å². The van der Waals surface area contributed by atoms with Crippen LogP contribution < -0.4 is 5.32 Å². The van der Waals surface area contributed by atoms with E-state index in [4.69, 9.17) is 0 Å². The van der Waals surface area contributed by atoms with Gasteiger partial charge in [0.15, 0.2) is 0 Å². The molecule has 1 heterocycles. The molecule has 0 bridgehead atoms. The van der Waals surface area contributed by atoms with Gasteiger partial charge in [-0.3, -0.25) is 0 Å². The van der Waals surface area contributed by atoms with Crippen molar-refractivity contribution in [2.75, 3.05) is 6.54 Å². The molecule has 0 aromatic rings.